The van der Waals surface area contributed by atoms with Gasteiger partial charge in [-0.1, -0.05) is 21.0 Å². The van der Waals surface area contributed by atoms with Crippen LogP contribution in [0.1, 0.15) is 12.8 Å². The first-order chi connectivity index (χ1) is 13.9. The van der Waals surface area contributed by atoms with Crippen LogP contribution in [0.5, 0.6) is 5.75 Å². The lowest BCUT2D eigenvalue weighted by atomic mass is 10.2. The standard InChI is InChI=1S/C19H18BrN3O5S/c1-27-15-8-10-16(11-9-15)29(25,26)12-2-3-17(24)21-19-23-22-18(28-19)13-4-6-14(20)7-5-13/h4-11H,2-3,12H2,1H3,(H,21,23,24). The van der Waals surface area contributed by atoms with Crippen molar-refractivity contribution in [2.45, 2.75) is 17.7 Å². The van der Waals surface area contributed by atoms with Crippen molar-refractivity contribution in [1.29, 1.82) is 0 Å². The number of anilines is 1. The summed E-state index contributed by atoms with van der Waals surface area (Å²) < 4.78 is 36.0. The molecule has 1 N–H and O–H groups in total. The molecule has 0 bridgehead atoms. The first kappa shape index (κ1) is 21.0. The molecule has 3 rings (SSSR count). The monoisotopic (exact) mass is 479 g/mol. The minimum Gasteiger partial charge on any atom is -0.497 e. The summed E-state index contributed by atoms with van der Waals surface area (Å²) in [6.45, 7) is 0. The van der Waals surface area contributed by atoms with Crippen LogP contribution < -0.4 is 10.1 Å². The molecule has 0 unspecified atom stereocenters. The summed E-state index contributed by atoms with van der Waals surface area (Å²) >= 11 is 3.34. The highest BCUT2D eigenvalue weighted by Gasteiger charge is 2.16. The topological polar surface area (TPSA) is 111 Å². The van der Waals surface area contributed by atoms with Crippen molar-refractivity contribution in [3.63, 3.8) is 0 Å². The number of carbonyl (C=O) groups is 1. The molecule has 8 nitrogen and oxygen atoms in total. The van der Waals surface area contributed by atoms with E-state index in [1.165, 1.54) is 19.2 Å². The van der Waals surface area contributed by atoms with Gasteiger partial charge >= 0.3 is 6.01 Å². The second kappa shape index (κ2) is 9.19. The van der Waals surface area contributed by atoms with Crippen molar-refractivity contribution >= 4 is 37.7 Å². The lowest BCUT2D eigenvalue weighted by Gasteiger charge is -2.05. The zero-order valence-electron chi connectivity index (χ0n) is 15.5. The molecule has 0 aliphatic rings. The van der Waals surface area contributed by atoms with Crippen LogP contribution in [0.4, 0.5) is 6.01 Å². The van der Waals surface area contributed by atoms with Gasteiger partial charge in [0.1, 0.15) is 5.75 Å². The molecule has 0 atom stereocenters. The molecule has 0 saturated heterocycles. The summed E-state index contributed by atoms with van der Waals surface area (Å²) in [6.07, 6.45) is 0.166. The molecule has 3 aromatic rings. The van der Waals surface area contributed by atoms with Gasteiger partial charge in [0.05, 0.1) is 17.8 Å². The average molecular weight is 480 g/mol. The lowest BCUT2D eigenvalue weighted by molar-refractivity contribution is -0.116. The van der Waals surface area contributed by atoms with Gasteiger partial charge in [-0.15, -0.1) is 5.10 Å². The molecule has 1 amide bonds. The maximum atomic E-state index is 12.3. The SMILES string of the molecule is COc1ccc(S(=O)(=O)CCCC(=O)Nc2nnc(-c3ccc(Br)cc3)o2)cc1. The second-order valence-corrected chi connectivity index (χ2v) is 9.09. The molecule has 29 heavy (non-hydrogen) atoms. The molecule has 1 aromatic heterocycles. The molecule has 0 aliphatic carbocycles. The maximum Gasteiger partial charge on any atom is 0.322 e. The minimum atomic E-state index is -3.48. The van der Waals surface area contributed by atoms with E-state index in [1.54, 1.807) is 24.3 Å². The van der Waals surface area contributed by atoms with Gasteiger partial charge < -0.3 is 9.15 Å². The Hall–Kier alpha value is -2.72. The largest absolute Gasteiger partial charge is 0.497 e. The van der Waals surface area contributed by atoms with E-state index in [1.807, 2.05) is 12.1 Å². The number of methoxy groups -OCH3 is 1. The molecule has 152 valence electrons. The number of nitrogens with one attached hydrogen (secondary N) is 1. The molecule has 0 fully saturated rings. The van der Waals surface area contributed by atoms with E-state index in [9.17, 15) is 13.2 Å². The van der Waals surface area contributed by atoms with Gasteiger partial charge in [-0.25, -0.2) is 8.42 Å². The number of halogens is 1. The number of ether oxygens (including phenoxy) is 1. The van der Waals surface area contributed by atoms with Crippen LogP contribution >= 0.6 is 15.9 Å². The summed E-state index contributed by atoms with van der Waals surface area (Å²) in [7, 11) is -1.97. The van der Waals surface area contributed by atoms with Crippen molar-refractivity contribution in [1.82, 2.24) is 10.2 Å². The minimum absolute atomic E-state index is 0.00534. The van der Waals surface area contributed by atoms with Crippen molar-refractivity contribution in [3.05, 3.63) is 53.0 Å². The Kier molecular flexibility index (Phi) is 6.65. The highest BCUT2D eigenvalue weighted by molar-refractivity contribution is 9.10. The lowest BCUT2D eigenvalue weighted by Crippen LogP contribution is -2.14. The molecule has 10 heteroatoms. The molecular weight excluding hydrogens is 462 g/mol. The van der Waals surface area contributed by atoms with E-state index in [0.717, 1.165) is 4.47 Å². The number of rotatable bonds is 8. The van der Waals surface area contributed by atoms with Gasteiger partial charge in [-0.05, 0) is 55.0 Å². The van der Waals surface area contributed by atoms with Crippen LogP contribution in [0.25, 0.3) is 11.5 Å². The third-order valence-electron chi connectivity index (χ3n) is 4.00. The fourth-order valence-corrected chi connectivity index (χ4v) is 4.06. The Morgan fingerprint density at radius 2 is 1.79 bits per heavy atom. The number of amides is 1. The zero-order chi connectivity index (χ0) is 20.9. The fraction of sp³-hybridized carbons (Fsp3) is 0.211. The van der Waals surface area contributed by atoms with Gasteiger partial charge in [0.2, 0.25) is 11.8 Å². The third kappa shape index (κ3) is 5.64. The number of carbonyl (C=O) groups excluding carboxylic acids is 1. The van der Waals surface area contributed by atoms with Crippen molar-refractivity contribution in [3.8, 4) is 17.2 Å². The number of hydrogen-bond acceptors (Lipinski definition) is 7. The van der Waals surface area contributed by atoms with Gasteiger partial charge in [-0.2, -0.15) is 0 Å². The summed E-state index contributed by atoms with van der Waals surface area (Å²) in [5.74, 6) is 0.294. The molecule has 1 heterocycles. The van der Waals surface area contributed by atoms with E-state index in [0.29, 0.717) is 11.3 Å². The number of aromatic nitrogens is 2. The molecule has 0 radical (unpaired) electrons. The van der Waals surface area contributed by atoms with Crippen molar-refractivity contribution in [2.24, 2.45) is 0 Å². The van der Waals surface area contributed by atoms with Crippen LogP contribution in [-0.4, -0.2) is 37.4 Å². The molecule has 0 aliphatic heterocycles. The Balaban J connectivity index is 1.51. The van der Waals surface area contributed by atoms with Gasteiger partial charge in [0.25, 0.3) is 0 Å². The summed E-state index contributed by atoms with van der Waals surface area (Å²) in [4.78, 5) is 12.2. The smallest absolute Gasteiger partial charge is 0.322 e. The predicted octanol–water partition coefficient (Wildman–Crippen LogP) is 3.70. The second-order valence-electron chi connectivity index (χ2n) is 6.07. The summed E-state index contributed by atoms with van der Waals surface area (Å²) in [5, 5.41) is 10.2. The van der Waals surface area contributed by atoms with E-state index in [-0.39, 0.29) is 35.4 Å². The first-order valence-electron chi connectivity index (χ1n) is 8.63. The quantitative estimate of drug-likeness (QED) is 0.523. The zero-order valence-corrected chi connectivity index (χ0v) is 17.9. The Bertz CT molecular complexity index is 1080. The number of nitrogens with zero attached hydrogens (tertiary/aromatic N) is 2. The first-order valence-corrected chi connectivity index (χ1v) is 11.1. The van der Waals surface area contributed by atoms with Crippen LogP contribution in [-0.2, 0) is 14.6 Å². The molecule has 0 spiro atoms. The van der Waals surface area contributed by atoms with Crippen LogP contribution in [0.15, 0.2) is 62.3 Å². The Morgan fingerprint density at radius 1 is 1.10 bits per heavy atom. The van der Waals surface area contributed by atoms with Crippen LogP contribution in [0.2, 0.25) is 0 Å². The molecule has 2 aromatic carbocycles. The number of sulfone groups is 1. The Labute approximate surface area is 176 Å². The van der Waals surface area contributed by atoms with E-state index in [2.05, 4.69) is 31.4 Å². The summed E-state index contributed by atoms with van der Waals surface area (Å²) in [5.41, 5.74) is 0.715. The van der Waals surface area contributed by atoms with Gasteiger partial charge in [0, 0.05) is 16.5 Å². The molecule has 0 saturated carbocycles. The number of benzene rings is 2. The van der Waals surface area contributed by atoms with Gasteiger partial charge in [-0.3, -0.25) is 10.1 Å². The molecular formula is C19H18BrN3O5S. The predicted molar refractivity (Wildman–Crippen MR) is 110 cm³/mol. The maximum absolute atomic E-state index is 12.3. The highest BCUT2D eigenvalue weighted by atomic mass is 79.9. The number of hydrogen-bond donors (Lipinski definition) is 1. The summed E-state index contributed by atoms with van der Waals surface area (Å²) in [6, 6.07) is 13.4. The van der Waals surface area contributed by atoms with E-state index in [4.69, 9.17) is 9.15 Å². The Morgan fingerprint density at radius 3 is 2.45 bits per heavy atom. The fourth-order valence-electron chi connectivity index (χ4n) is 2.49. The van der Waals surface area contributed by atoms with Crippen molar-refractivity contribution in [2.75, 3.05) is 18.2 Å². The van der Waals surface area contributed by atoms with Crippen LogP contribution in [0, 0.1) is 0 Å². The third-order valence-corrected chi connectivity index (χ3v) is 6.34. The average Bonchev–Trinajstić information content (AvgIpc) is 3.16. The van der Waals surface area contributed by atoms with E-state index >= 15 is 0 Å². The van der Waals surface area contributed by atoms with E-state index < -0.39 is 15.7 Å². The highest BCUT2D eigenvalue weighted by Crippen LogP contribution is 2.22. The normalized spacial score (nSPS) is 11.2. The van der Waals surface area contributed by atoms with Crippen LogP contribution in [0.3, 0.4) is 0 Å². The van der Waals surface area contributed by atoms with Gasteiger partial charge in [0.15, 0.2) is 9.84 Å². The van der Waals surface area contributed by atoms with Crippen molar-refractivity contribution < 1.29 is 22.4 Å².